The number of rotatable bonds is 4. The van der Waals surface area contributed by atoms with E-state index in [4.69, 9.17) is 0 Å². The molecule has 0 fully saturated rings. The second-order valence-electron chi connectivity index (χ2n) is 5.19. The molecular weight excluding hydrogens is 340 g/mol. The van der Waals surface area contributed by atoms with E-state index in [1.54, 1.807) is 52.9 Å². The molecule has 0 atom stereocenters. The number of nitrogens with one attached hydrogen (secondary N) is 1. The van der Waals surface area contributed by atoms with Crippen molar-refractivity contribution in [2.24, 2.45) is 0 Å². The van der Waals surface area contributed by atoms with Crippen LogP contribution >= 0.6 is 11.3 Å². The molecule has 1 amide bonds. The Morgan fingerprint density at radius 2 is 2.12 bits per heavy atom. The van der Waals surface area contributed by atoms with Gasteiger partial charge >= 0.3 is 0 Å². The first-order valence-electron chi connectivity index (χ1n) is 7.40. The zero-order chi connectivity index (χ0) is 17.2. The van der Waals surface area contributed by atoms with E-state index in [1.807, 2.05) is 0 Å². The van der Waals surface area contributed by atoms with Gasteiger partial charge in [0.1, 0.15) is 11.4 Å². The van der Waals surface area contributed by atoms with Gasteiger partial charge in [0.25, 0.3) is 5.56 Å². The number of thiophene rings is 1. The summed E-state index contributed by atoms with van der Waals surface area (Å²) in [5, 5.41) is 9.20. The molecule has 4 rings (SSSR count). The second-order valence-corrected chi connectivity index (χ2v) is 6.08. The Morgan fingerprint density at radius 1 is 1.20 bits per heavy atom. The summed E-state index contributed by atoms with van der Waals surface area (Å²) in [4.78, 5) is 33.8. The predicted octanol–water partition coefficient (Wildman–Crippen LogP) is 1.68. The van der Waals surface area contributed by atoms with E-state index in [9.17, 15) is 9.59 Å². The molecule has 4 heterocycles. The lowest BCUT2D eigenvalue weighted by atomic mass is 10.3. The summed E-state index contributed by atoms with van der Waals surface area (Å²) in [7, 11) is 0. The van der Waals surface area contributed by atoms with E-state index in [2.05, 4.69) is 20.4 Å². The fraction of sp³-hybridized carbons (Fsp3) is 0.0625. The Bertz CT molecular complexity index is 1100. The van der Waals surface area contributed by atoms with Crippen LogP contribution in [-0.2, 0) is 11.3 Å². The smallest absolute Gasteiger partial charge is 0.262 e. The second kappa shape index (κ2) is 6.29. The fourth-order valence-corrected chi connectivity index (χ4v) is 3.14. The molecule has 1 N–H and O–H groups in total. The summed E-state index contributed by atoms with van der Waals surface area (Å²) in [6.45, 7) is -0.134. The van der Waals surface area contributed by atoms with Crippen molar-refractivity contribution >= 4 is 33.1 Å². The van der Waals surface area contributed by atoms with Crippen LogP contribution in [0.5, 0.6) is 0 Å². The molecule has 8 nitrogen and oxygen atoms in total. The van der Waals surface area contributed by atoms with Crippen molar-refractivity contribution < 1.29 is 4.79 Å². The first-order valence-corrected chi connectivity index (χ1v) is 8.28. The van der Waals surface area contributed by atoms with E-state index >= 15 is 0 Å². The standard InChI is InChI=1S/C16H12N6O2S/c23-13(9-21-10-18-15-11(16(21)24)4-8-25-15)20-12-3-1-5-17-14(12)22-7-2-6-19-22/h1-8,10H,9H2,(H,20,23). The molecule has 4 aromatic rings. The van der Waals surface area contributed by atoms with Gasteiger partial charge in [-0.25, -0.2) is 14.6 Å². The van der Waals surface area contributed by atoms with Crippen LogP contribution in [-0.4, -0.2) is 30.2 Å². The maximum atomic E-state index is 12.4. The van der Waals surface area contributed by atoms with E-state index < -0.39 is 0 Å². The highest BCUT2D eigenvalue weighted by atomic mass is 32.1. The fourth-order valence-electron chi connectivity index (χ4n) is 2.42. The zero-order valence-electron chi connectivity index (χ0n) is 12.9. The van der Waals surface area contributed by atoms with Gasteiger partial charge in [0.2, 0.25) is 5.91 Å². The third kappa shape index (κ3) is 2.92. The van der Waals surface area contributed by atoms with Gasteiger partial charge in [0, 0.05) is 18.6 Å². The lowest BCUT2D eigenvalue weighted by Gasteiger charge is -2.10. The maximum Gasteiger partial charge on any atom is 0.262 e. The molecule has 4 aromatic heterocycles. The molecule has 25 heavy (non-hydrogen) atoms. The summed E-state index contributed by atoms with van der Waals surface area (Å²) in [6.07, 6.45) is 6.36. The quantitative estimate of drug-likeness (QED) is 0.603. The average molecular weight is 352 g/mol. The summed E-state index contributed by atoms with van der Waals surface area (Å²) in [5.41, 5.74) is 0.272. The van der Waals surface area contributed by atoms with Gasteiger partial charge in [-0.2, -0.15) is 5.10 Å². The molecule has 0 aliphatic heterocycles. The molecule has 0 saturated carbocycles. The largest absolute Gasteiger partial charge is 0.321 e. The maximum absolute atomic E-state index is 12.4. The lowest BCUT2D eigenvalue weighted by molar-refractivity contribution is -0.116. The molecule has 0 aliphatic carbocycles. The number of pyridine rings is 1. The number of nitrogens with zero attached hydrogens (tertiary/aromatic N) is 5. The van der Waals surface area contributed by atoms with E-state index in [0.717, 1.165) is 0 Å². The Hall–Kier alpha value is -3.33. The molecule has 0 spiro atoms. The number of fused-ring (bicyclic) bond motifs is 1. The number of aromatic nitrogens is 5. The van der Waals surface area contributed by atoms with Crippen molar-refractivity contribution in [3.05, 3.63) is 64.9 Å². The van der Waals surface area contributed by atoms with Gasteiger partial charge in [-0.3, -0.25) is 14.2 Å². The normalized spacial score (nSPS) is 10.9. The minimum atomic E-state index is -0.347. The minimum Gasteiger partial charge on any atom is -0.321 e. The summed E-state index contributed by atoms with van der Waals surface area (Å²) < 4.78 is 2.84. The highest BCUT2D eigenvalue weighted by Crippen LogP contribution is 2.16. The first kappa shape index (κ1) is 15.2. The van der Waals surface area contributed by atoms with Crippen LogP contribution in [0.25, 0.3) is 16.0 Å². The number of hydrogen-bond acceptors (Lipinski definition) is 6. The Labute approximate surface area is 145 Å². The highest BCUT2D eigenvalue weighted by Gasteiger charge is 2.12. The predicted molar refractivity (Wildman–Crippen MR) is 93.9 cm³/mol. The van der Waals surface area contributed by atoms with Gasteiger partial charge in [-0.1, -0.05) is 0 Å². The van der Waals surface area contributed by atoms with Gasteiger partial charge < -0.3 is 5.32 Å². The van der Waals surface area contributed by atoms with Crippen molar-refractivity contribution in [3.63, 3.8) is 0 Å². The van der Waals surface area contributed by atoms with Crippen molar-refractivity contribution in [2.75, 3.05) is 5.32 Å². The number of amides is 1. The minimum absolute atomic E-state index is 0.134. The Morgan fingerprint density at radius 3 is 2.96 bits per heavy atom. The summed E-state index contributed by atoms with van der Waals surface area (Å²) in [6, 6.07) is 6.92. The summed E-state index contributed by atoms with van der Waals surface area (Å²) >= 11 is 1.39. The van der Waals surface area contributed by atoms with E-state index in [-0.39, 0.29) is 18.0 Å². The Balaban J connectivity index is 1.59. The van der Waals surface area contributed by atoms with Crippen LogP contribution in [0.15, 0.2) is 59.4 Å². The Kier molecular flexibility index (Phi) is 3.82. The van der Waals surface area contributed by atoms with Crippen LogP contribution in [0.2, 0.25) is 0 Å². The van der Waals surface area contributed by atoms with Crippen LogP contribution < -0.4 is 10.9 Å². The zero-order valence-corrected chi connectivity index (χ0v) is 13.7. The number of hydrogen-bond donors (Lipinski definition) is 1. The third-order valence-corrected chi connectivity index (χ3v) is 4.37. The van der Waals surface area contributed by atoms with Gasteiger partial charge in [0.05, 0.1) is 17.4 Å². The molecule has 9 heteroatoms. The van der Waals surface area contributed by atoms with Crippen molar-refractivity contribution in [2.45, 2.75) is 6.54 Å². The molecule has 0 unspecified atom stereocenters. The monoisotopic (exact) mass is 352 g/mol. The molecule has 124 valence electrons. The lowest BCUT2D eigenvalue weighted by Crippen LogP contribution is -2.28. The van der Waals surface area contributed by atoms with Crippen LogP contribution in [0.3, 0.4) is 0 Å². The van der Waals surface area contributed by atoms with Crippen molar-refractivity contribution in [1.29, 1.82) is 0 Å². The van der Waals surface area contributed by atoms with Crippen LogP contribution in [0, 0.1) is 0 Å². The topological polar surface area (TPSA) is 94.7 Å². The van der Waals surface area contributed by atoms with Crippen molar-refractivity contribution in [1.82, 2.24) is 24.3 Å². The van der Waals surface area contributed by atoms with Crippen LogP contribution in [0.1, 0.15) is 0 Å². The SMILES string of the molecule is O=C(Cn1cnc2sccc2c1=O)Nc1cccnc1-n1cccn1. The van der Waals surface area contributed by atoms with Gasteiger partial charge in [0.15, 0.2) is 5.82 Å². The van der Waals surface area contributed by atoms with E-state index in [0.29, 0.717) is 21.7 Å². The van der Waals surface area contributed by atoms with Gasteiger partial charge in [-0.05, 0) is 29.6 Å². The molecule has 0 aliphatic rings. The average Bonchev–Trinajstić information content (AvgIpc) is 3.29. The molecule has 0 radical (unpaired) electrons. The molecule has 0 aromatic carbocycles. The first-order chi connectivity index (χ1) is 12.2. The van der Waals surface area contributed by atoms with Gasteiger partial charge in [-0.15, -0.1) is 11.3 Å². The molecule has 0 saturated heterocycles. The third-order valence-electron chi connectivity index (χ3n) is 3.55. The summed E-state index contributed by atoms with van der Waals surface area (Å²) in [5.74, 6) is 0.152. The number of carbonyl (C=O) groups excluding carboxylic acids is 1. The van der Waals surface area contributed by atoms with E-state index in [1.165, 1.54) is 22.2 Å². The molecule has 0 bridgehead atoms. The number of carbonyl (C=O) groups is 1. The van der Waals surface area contributed by atoms with Crippen molar-refractivity contribution in [3.8, 4) is 5.82 Å². The van der Waals surface area contributed by atoms with Crippen LogP contribution in [0.4, 0.5) is 5.69 Å². The molecular formula is C16H12N6O2S. The number of anilines is 1. The highest BCUT2D eigenvalue weighted by molar-refractivity contribution is 7.16.